The molecule has 130 valence electrons. The van der Waals surface area contributed by atoms with Gasteiger partial charge in [-0.2, -0.15) is 0 Å². The number of carbonyl (C=O) groups is 2. The van der Waals surface area contributed by atoms with Crippen molar-refractivity contribution in [3.05, 3.63) is 94.0 Å². The van der Waals surface area contributed by atoms with Gasteiger partial charge < -0.3 is 9.47 Å². The van der Waals surface area contributed by atoms with Crippen LogP contribution in [0.25, 0.3) is 0 Å². The Morgan fingerprint density at radius 1 is 0.846 bits per heavy atom. The second-order valence-electron chi connectivity index (χ2n) is 5.52. The zero-order valence-corrected chi connectivity index (χ0v) is 15.3. The van der Waals surface area contributed by atoms with Crippen LogP contribution in [-0.2, 0) is 6.61 Å². The summed E-state index contributed by atoms with van der Waals surface area (Å²) in [5.41, 5.74) is 1.91. The Morgan fingerprint density at radius 3 is 2.08 bits per heavy atom. The van der Waals surface area contributed by atoms with Gasteiger partial charge in [0.15, 0.2) is 0 Å². The number of halogens is 1. The van der Waals surface area contributed by atoms with E-state index < -0.39 is 5.97 Å². The molecule has 0 amide bonds. The van der Waals surface area contributed by atoms with Crippen molar-refractivity contribution >= 4 is 28.2 Å². The molecule has 3 aromatic carbocycles. The highest BCUT2D eigenvalue weighted by atomic mass is 79.9. The maximum absolute atomic E-state index is 12.2. The normalized spacial score (nSPS) is 10.2. The third kappa shape index (κ3) is 4.80. The molecule has 0 unspecified atom stereocenters. The molecule has 3 rings (SSSR count). The number of esters is 1. The maximum Gasteiger partial charge on any atom is 0.343 e. The Morgan fingerprint density at radius 2 is 1.46 bits per heavy atom. The topological polar surface area (TPSA) is 52.6 Å². The van der Waals surface area contributed by atoms with Crippen molar-refractivity contribution < 1.29 is 19.1 Å². The van der Waals surface area contributed by atoms with Crippen LogP contribution in [0.15, 0.2) is 77.3 Å². The van der Waals surface area contributed by atoms with Gasteiger partial charge in [0.25, 0.3) is 0 Å². The number of ether oxygens (including phenoxy) is 2. The van der Waals surface area contributed by atoms with Gasteiger partial charge >= 0.3 is 5.97 Å². The van der Waals surface area contributed by atoms with Crippen LogP contribution in [0.4, 0.5) is 0 Å². The van der Waals surface area contributed by atoms with Gasteiger partial charge in [0, 0.05) is 10.0 Å². The van der Waals surface area contributed by atoms with Crippen LogP contribution in [0.5, 0.6) is 11.5 Å². The van der Waals surface area contributed by atoms with Crippen LogP contribution in [0.1, 0.15) is 26.3 Å². The molecule has 0 bridgehead atoms. The highest BCUT2D eigenvalue weighted by Gasteiger charge is 2.09. The molecule has 4 nitrogen and oxygen atoms in total. The Labute approximate surface area is 159 Å². The van der Waals surface area contributed by atoms with Crippen molar-refractivity contribution in [2.45, 2.75) is 6.61 Å². The van der Waals surface area contributed by atoms with E-state index in [0.29, 0.717) is 23.5 Å². The summed E-state index contributed by atoms with van der Waals surface area (Å²) < 4.78 is 12.0. The molecule has 0 aliphatic rings. The molecular formula is C21H15BrO4. The molecule has 5 heteroatoms. The molecule has 0 fully saturated rings. The molecule has 0 aromatic heterocycles. The number of carbonyl (C=O) groups excluding carboxylic acids is 2. The first-order chi connectivity index (χ1) is 12.6. The van der Waals surface area contributed by atoms with Gasteiger partial charge in [-0.05, 0) is 66.2 Å². The van der Waals surface area contributed by atoms with E-state index >= 15 is 0 Å². The van der Waals surface area contributed by atoms with E-state index in [1.165, 1.54) is 0 Å². The van der Waals surface area contributed by atoms with Gasteiger partial charge in [-0.25, -0.2) is 4.79 Å². The minimum Gasteiger partial charge on any atom is -0.489 e. The summed E-state index contributed by atoms with van der Waals surface area (Å²) in [5.74, 6) is 0.711. The third-order valence-corrected chi connectivity index (χ3v) is 4.16. The zero-order chi connectivity index (χ0) is 18.4. The number of benzene rings is 3. The van der Waals surface area contributed by atoms with Gasteiger partial charge in [0.1, 0.15) is 24.4 Å². The first-order valence-electron chi connectivity index (χ1n) is 7.89. The summed E-state index contributed by atoms with van der Waals surface area (Å²) in [6.45, 7) is 0.407. The predicted molar refractivity (Wildman–Crippen MR) is 102 cm³/mol. The van der Waals surface area contributed by atoms with E-state index in [1.54, 1.807) is 36.4 Å². The lowest BCUT2D eigenvalue weighted by atomic mass is 10.1. The van der Waals surface area contributed by atoms with Crippen molar-refractivity contribution in [3.63, 3.8) is 0 Å². The Balaban J connectivity index is 1.58. The Bertz CT molecular complexity index is 885. The van der Waals surface area contributed by atoms with Gasteiger partial charge in [0.05, 0.1) is 5.56 Å². The van der Waals surface area contributed by atoms with Crippen molar-refractivity contribution in [1.82, 2.24) is 0 Å². The number of hydrogen-bond acceptors (Lipinski definition) is 4. The molecule has 0 N–H and O–H groups in total. The van der Waals surface area contributed by atoms with Gasteiger partial charge in [0.2, 0.25) is 0 Å². The van der Waals surface area contributed by atoms with Crippen LogP contribution in [-0.4, -0.2) is 12.3 Å². The first kappa shape index (κ1) is 17.9. The molecule has 0 heterocycles. The van der Waals surface area contributed by atoms with Crippen molar-refractivity contribution in [2.24, 2.45) is 0 Å². The SMILES string of the molecule is O=Cc1ccc(OC(=O)c2ccc(COc3ccc(Br)cc3)cc2)cc1. The molecule has 0 aliphatic heterocycles. The van der Waals surface area contributed by atoms with Gasteiger partial charge in [-0.3, -0.25) is 4.79 Å². The lowest BCUT2D eigenvalue weighted by Gasteiger charge is -2.08. The third-order valence-electron chi connectivity index (χ3n) is 3.64. The number of rotatable bonds is 6. The zero-order valence-electron chi connectivity index (χ0n) is 13.7. The van der Waals surface area contributed by atoms with E-state index in [0.717, 1.165) is 22.1 Å². The van der Waals surface area contributed by atoms with Gasteiger partial charge in [-0.1, -0.05) is 28.1 Å². The molecule has 26 heavy (non-hydrogen) atoms. The highest BCUT2D eigenvalue weighted by Crippen LogP contribution is 2.18. The van der Waals surface area contributed by atoms with Crippen molar-refractivity contribution in [3.8, 4) is 11.5 Å². The van der Waals surface area contributed by atoms with Crippen LogP contribution in [0.2, 0.25) is 0 Å². The molecule has 0 saturated carbocycles. The standard InChI is InChI=1S/C21H15BrO4/c22-18-7-11-19(12-8-18)25-14-16-1-5-17(6-2-16)21(24)26-20-9-3-15(13-23)4-10-20/h1-13H,14H2. The summed E-state index contributed by atoms with van der Waals surface area (Å²) in [7, 11) is 0. The fraction of sp³-hybridized carbons (Fsp3) is 0.0476. The molecule has 0 radical (unpaired) electrons. The molecule has 0 atom stereocenters. The fourth-order valence-corrected chi connectivity index (χ4v) is 2.48. The Hall–Kier alpha value is -2.92. The van der Waals surface area contributed by atoms with Crippen LogP contribution in [0.3, 0.4) is 0 Å². The van der Waals surface area contributed by atoms with Crippen molar-refractivity contribution in [2.75, 3.05) is 0 Å². The van der Waals surface area contributed by atoms with E-state index in [4.69, 9.17) is 9.47 Å². The highest BCUT2D eigenvalue weighted by molar-refractivity contribution is 9.10. The van der Waals surface area contributed by atoms with E-state index in [-0.39, 0.29) is 0 Å². The number of hydrogen-bond donors (Lipinski definition) is 0. The quantitative estimate of drug-likeness (QED) is 0.323. The van der Waals surface area contributed by atoms with Crippen LogP contribution in [0, 0.1) is 0 Å². The average molecular weight is 411 g/mol. The largest absolute Gasteiger partial charge is 0.489 e. The predicted octanol–water partition coefficient (Wildman–Crippen LogP) is 5.06. The maximum atomic E-state index is 12.2. The van der Waals surface area contributed by atoms with E-state index in [2.05, 4.69) is 15.9 Å². The minimum absolute atomic E-state index is 0.392. The van der Waals surface area contributed by atoms with Crippen LogP contribution < -0.4 is 9.47 Å². The number of aldehydes is 1. The lowest BCUT2D eigenvalue weighted by molar-refractivity contribution is 0.0734. The van der Waals surface area contributed by atoms with Crippen LogP contribution >= 0.6 is 15.9 Å². The lowest BCUT2D eigenvalue weighted by Crippen LogP contribution is -2.08. The molecule has 0 spiro atoms. The molecule has 0 saturated heterocycles. The molecule has 0 aliphatic carbocycles. The summed E-state index contributed by atoms with van der Waals surface area (Å²) in [4.78, 5) is 22.8. The Kier molecular flexibility index (Phi) is 5.81. The first-order valence-corrected chi connectivity index (χ1v) is 8.68. The monoisotopic (exact) mass is 410 g/mol. The second-order valence-corrected chi connectivity index (χ2v) is 6.43. The molecular weight excluding hydrogens is 396 g/mol. The summed E-state index contributed by atoms with van der Waals surface area (Å²) in [6.07, 6.45) is 0.737. The summed E-state index contributed by atoms with van der Waals surface area (Å²) in [6, 6.07) is 21.0. The van der Waals surface area contributed by atoms with E-state index in [9.17, 15) is 9.59 Å². The average Bonchev–Trinajstić information content (AvgIpc) is 2.68. The fourth-order valence-electron chi connectivity index (χ4n) is 2.21. The van der Waals surface area contributed by atoms with Crippen molar-refractivity contribution in [1.29, 1.82) is 0 Å². The second kappa shape index (κ2) is 8.45. The minimum atomic E-state index is -0.454. The van der Waals surface area contributed by atoms with E-state index in [1.807, 2.05) is 36.4 Å². The summed E-state index contributed by atoms with van der Waals surface area (Å²) in [5, 5.41) is 0. The van der Waals surface area contributed by atoms with Gasteiger partial charge in [-0.15, -0.1) is 0 Å². The smallest absolute Gasteiger partial charge is 0.343 e. The summed E-state index contributed by atoms with van der Waals surface area (Å²) >= 11 is 3.38. The molecule has 3 aromatic rings.